The van der Waals surface area contributed by atoms with Crippen molar-refractivity contribution < 1.29 is 0 Å². The van der Waals surface area contributed by atoms with Gasteiger partial charge in [0.05, 0.1) is 0 Å². The van der Waals surface area contributed by atoms with Crippen molar-refractivity contribution in [3.63, 3.8) is 0 Å². The van der Waals surface area contributed by atoms with Crippen LogP contribution in [0.2, 0.25) is 0 Å². The Morgan fingerprint density at radius 1 is 1.60 bits per heavy atom. The van der Waals surface area contributed by atoms with E-state index < -0.39 is 0 Å². The quantitative estimate of drug-likeness (QED) is 0.787. The molecule has 84 valence electrons. The first-order valence-corrected chi connectivity index (χ1v) is 5.88. The number of imidazole rings is 1. The van der Waals surface area contributed by atoms with Crippen molar-refractivity contribution in [1.82, 2.24) is 14.9 Å². The highest BCUT2D eigenvalue weighted by Crippen LogP contribution is 2.09. The molecule has 15 heavy (non-hydrogen) atoms. The summed E-state index contributed by atoms with van der Waals surface area (Å²) < 4.78 is 2.13. The molecule has 1 aliphatic heterocycles. The Bertz CT molecular complexity index is 289. The summed E-state index contributed by atoms with van der Waals surface area (Å²) in [7, 11) is 0. The Morgan fingerprint density at radius 2 is 2.53 bits per heavy atom. The molecule has 1 atom stereocenters. The minimum absolute atomic E-state index is 0.612. The first-order chi connectivity index (χ1) is 7.40. The molecule has 1 fully saturated rings. The molecule has 2 heterocycles. The standard InChI is InChI=1S/C11H20N4/c1-2-15-8-7-13-11(15)14-9-10-5-3-4-6-12-10/h7-8,10,12H,2-6,9H2,1H3,(H,13,14). The molecule has 0 spiro atoms. The molecule has 0 radical (unpaired) electrons. The lowest BCUT2D eigenvalue weighted by Crippen LogP contribution is -2.39. The van der Waals surface area contributed by atoms with Gasteiger partial charge in [0.15, 0.2) is 0 Å². The van der Waals surface area contributed by atoms with Gasteiger partial charge in [-0.1, -0.05) is 6.42 Å². The molecule has 0 aliphatic carbocycles. The Hall–Kier alpha value is -1.03. The van der Waals surface area contributed by atoms with Gasteiger partial charge in [-0.15, -0.1) is 0 Å². The lowest BCUT2D eigenvalue weighted by atomic mass is 10.1. The zero-order valence-electron chi connectivity index (χ0n) is 9.37. The number of piperidine rings is 1. The van der Waals surface area contributed by atoms with Gasteiger partial charge in [0.25, 0.3) is 0 Å². The van der Waals surface area contributed by atoms with Crippen LogP contribution in [0.25, 0.3) is 0 Å². The highest BCUT2D eigenvalue weighted by molar-refractivity contribution is 5.26. The second-order valence-corrected chi connectivity index (χ2v) is 4.06. The molecule has 1 aliphatic rings. The van der Waals surface area contributed by atoms with E-state index in [2.05, 4.69) is 27.1 Å². The number of aromatic nitrogens is 2. The lowest BCUT2D eigenvalue weighted by Gasteiger charge is -2.23. The normalized spacial score (nSPS) is 21.5. The number of nitrogens with one attached hydrogen (secondary N) is 2. The van der Waals surface area contributed by atoms with Crippen LogP contribution >= 0.6 is 0 Å². The summed E-state index contributed by atoms with van der Waals surface area (Å²) in [6.07, 6.45) is 7.80. The van der Waals surface area contributed by atoms with Crippen molar-refractivity contribution in [2.75, 3.05) is 18.4 Å². The van der Waals surface area contributed by atoms with Crippen LogP contribution in [0.5, 0.6) is 0 Å². The Kier molecular flexibility index (Phi) is 3.61. The highest BCUT2D eigenvalue weighted by atomic mass is 15.2. The first kappa shape index (κ1) is 10.5. The molecular formula is C11H20N4. The number of aryl methyl sites for hydroxylation is 1. The molecule has 2 N–H and O–H groups in total. The maximum atomic E-state index is 4.30. The summed E-state index contributed by atoms with van der Waals surface area (Å²) >= 11 is 0. The Balaban J connectivity index is 1.81. The van der Waals surface area contributed by atoms with E-state index in [1.165, 1.54) is 19.3 Å². The second-order valence-electron chi connectivity index (χ2n) is 4.06. The predicted molar refractivity (Wildman–Crippen MR) is 62.0 cm³/mol. The van der Waals surface area contributed by atoms with Gasteiger partial charge in [-0.2, -0.15) is 0 Å². The minimum Gasteiger partial charge on any atom is -0.354 e. The molecular weight excluding hydrogens is 188 g/mol. The summed E-state index contributed by atoms with van der Waals surface area (Å²) in [4.78, 5) is 4.30. The SMILES string of the molecule is CCn1ccnc1NCC1CCCCN1. The number of rotatable bonds is 4. The van der Waals surface area contributed by atoms with E-state index in [1.807, 2.05) is 12.4 Å². The second kappa shape index (κ2) is 5.16. The van der Waals surface area contributed by atoms with Crippen molar-refractivity contribution in [2.45, 2.75) is 38.8 Å². The van der Waals surface area contributed by atoms with Crippen molar-refractivity contribution in [1.29, 1.82) is 0 Å². The zero-order valence-corrected chi connectivity index (χ0v) is 9.37. The summed E-state index contributed by atoms with van der Waals surface area (Å²) in [6.45, 7) is 5.25. The van der Waals surface area contributed by atoms with Gasteiger partial charge in [0.2, 0.25) is 5.95 Å². The molecule has 0 bridgehead atoms. The van der Waals surface area contributed by atoms with Crippen LogP contribution in [0.3, 0.4) is 0 Å². The Labute approximate surface area is 91.1 Å². The fourth-order valence-corrected chi connectivity index (χ4v) is 2.04. The monoisotopic (exact) mass is 208 g/mol. The van der Waals surface area contributed by atoms with Gasteiger partial charge < -0.3 is 15.2 Å². The van der Waals surface area contributed by atoms with Crippen molar-refractivity contribution >= 4 is 5.95 Å². The van der Waals surface area contributed by atoms with Gasteiger partial charge in [-0.3, -0.25) is 0 Å². The lowest BCUT2D eigenvalue weighted by molar-refractivity contribution is 0.413. The molecule has 0 saturated carbocycles. The minimum atomic E-state index is 0.612. The summed E-state index contributed by atoms with van der Waals surface area (Å²) in [5.41, 5.74) is 0. The maximum absolute atomic E-state index is 4.30. The molecule has 1 aromatic heterocycles. The molecule has 1 saturated heterocycles. The molecule has 0 aromatic carbocycles. The topological polar surface area (TPSA) is 41.9 Å². The zero-order chi connectivity index (χ0) is 10.5. The molecule has 4 heteroatoms. The van der Waals surface area contributed by atoms with Gasteiger partial charge in [-0.25, -0.2) is 4.98 Å². The van der Waals surface area contributed by atoms with Crippen molar-refractivity contribution in [3.8, 4) is 0 Å². The third-order valence-corrected chi connectivity index (χ3v) is 2.98. The van der Waals surface area contributed by atoms with Gasteiger partial charge in [-0.05, 0) is 26.3 Å². The fourth-order valence-electron chi connectivity index (χ4n) is 2.04. The van der Waals surface area contributed by atoms with Gasteiger partial charge in [0.1, 0.15) is 0 Å². The third kappa shape index (κ3) is 2.72. The van der Waals surface area contributed by atoms with Crippen molar-refractivity contribution in [2.24, 2.45) is 0 Å². The van der Waals surface area contributed by atoms with E-state index in [-0.39, 0.29) is 0 Å². The van der Waals surface area contributed by atoms with Crippen molar-refractivity contribution in [3.05, 3.63) is 12.4 Å². The van der Waals surface area contributed by atoms with Crippen LogP contribution in [0, 0.1) is 0 Å². The van der Waals surface area contributed by atoms with Crippen LogP contribution in [-0.4, -0.2) is 28.7 Å². The number of hydrogen-bond donors (Lipinski definition) is 2. The molecule has 0 amide bonds. The van der Waals surface area contributed by atoms with E-state index in [9.17, 15) is 0 Å². The number of hydrogen-bond acceptors (Lipinski definition) is 3. The van der Waals surface area contributed by atoms with Crippen LogP contribution in [0.4, 0.5) is 5.95 Å². The van der Waals surface area contributed by atoms with Crippen LogP contribution in [0.15, 0.2) is 12.4 Å². The van der Waals surface area contributed by atoms with Crippen LogP contribution in [-0.2, 0) is 6.54 Å². The molecule has 4 nitrogen and oxygen atoms in total. The van der Waals surface area contributed by atoms with Crippen LogP contribution in [0.1, 0.15) is 26.2 Å². The predicted octanol–water partition coefficient (Wildman–Crippen LogP) is 1.46. The molecule has 2 rings (SSSR count). The third-order valence-electron chi connectivity index (χ3n) is 2.98. The maximum Gasteiger partial charge on any atom is 0.202 e. The molecule has 1 aromatic rings. The number of anilines is 1. The summed E-state index contributed by atoms with van der Waals surface area (Å²) in [5, 5.41) is 6.92. The largest absolute Gasteiger partial charge is 0.354 e. The van der Waals surface area contributed by atoms with Gasteiger partial charge >= 0.3 is 0 Å². The van der Waals surface area contributed by atoms with E-state index >= 15 is 0 Å². The highest BCUT2D eigenvalue weighted by Gasteiger charge is 2.12. The van der Waals surface area contributed by atoms with E-state index in [0.717, 1.165) is 25.6 Å². The number of nitrogens with zero attached hydrogens (tertiary/aromatic N) is 2. The van der Waals surface area contributed by atoms with E-state index in [4.69, 9.17) is 0 Å². The fraction of sp³-hybridized carbons (Fsp3) is 0.727. The van der Waals surface area contributed by atoms with E-state index in [1.54, 1.807) is 0 Å². The summed E-state index contributed by atoms with van der Waals surface area (Å²) in [5.74, 6) is 0.991. The Morgan fingerprint density at radius 3 is 3.27 bits per heavy atom. The first-order valence-electron chi connectivity index (χ1n) is 5.88. The average molecular weight is 208 g/mol. The summed E-state index contributed by atoms with van der Waals surface area (Å²) in [6, 6.07) is 0.612. The van der Waals surface area contributed by atoms with E-state index in [0.29, 0.717) is 6.04 Å². The van der Waals surface area contributed by atoms with Crippen LogP contribution < -0.4 is 10.6 Å². The average Bonchev–Trinajstić information content (AvgIpc) is 2.75. The smallest absolute Gasteiger partial charge is 0.202 e. The van der Waals surface area contributed by atoms with Gasteiger partial charge in [0, 0.05) is 31.5 Å². The molecule has 1 unspecified atom stereocenters.